The van der Waals surface area contributed by atoms with Gasteiger partial charge in [-0.05, 0) is 12.1 Å². The first-order valence-corrected chi connectivity index (χ1v) is 1.47. The molecule has 2 nitrogen and oxygen atoms in total. The zero-order valence-corrected chi connectivity index (χ0v) is 4.68. The Hall–Kier alpha value is -0.241. The molecule has 2 N–H and O–H groups in total. The largest absolute Gasteiger partial charge is 0.473 e. The Bertz CT molecular complexity index is 66.2. The van der Waals surface area contributed by atoms with Crippen LogP contribution in [0.3, 0.4) is 0 Å². The third-order valence-corrected chi connectivity index (χ3v) is 0.425. The maximum Gasteiger partial charge on any atom is 0.0902 e. The van der Waals surface area contributed by atoms with Crippen LogP contribution in [0.25, 0.3) is 0 Å². The second-order valence-electron chi connectivity index (χ2n) is 0.793. The van der Waals surface area contributed by atoms with Crippen molar-refractivity contribution in [2.75, 3.05) is 0 Å². The minimum absolute atomic E-state index is 0. The quantitative estimate of drug-likeness (QED) is 0.485. The van der Waals surface area contributed by atoms with Crippen LogP contribution in [0.2, 0.25) is 0 Å². The molecule has 1 rings (SSSR count). The predicted octanol–water partition coefficient (Wildman–Crippen LogP) is 0.452. The topological polar surface area (TPSA) is 44.6 Å². The Morgan fingerprint density at radius 1 is 1.00 bits per heavy atom. The van der Waals surface area contributed by atoms with Gasteiger partial charge in [0.1, 0.15) is 0 Å². The normalized spacial score (nSPS) is 5.71. The Morgan fingerprint density at radius 2 is 1.43 bits per heavy atom. The minimum Gasteiger partial charge on any atom is -0.473 e. The van der Waals surface area contributed by atoms with Crippen LogP contribution in [0.5, 0.6) is 0 Å². The average Bonchev–Trinajstić information content (AvgIpc) is 1.76. The van der Waals surface area contributed by atoms with E-state index in [9.17, 15) is 0 Å². The van der Waals surface area contributed by atoms with E-state index < -0.39 is 0 Å². The van der Waals surface area contributed by atoms with Gasteiger partial charge >= 0.3 is 0 Å². The van der Waals surface area contributed by atoms with Crippen molar-refractivity contribution in [2.24, 2.45) is 0 Å². The van der Waals surface area contributed by atoms with Crippen LogP contribution >= 0.6 is 0 Å². The molecule has 1 aromatic rings. The van der Waals surface area contributed by atoms with E-state index in [2.05, 4.69) is 4.42 Å². The summed E-state index contributed by atoms with van der Waals surface area (Å²) in [5.74, 6) is 0. The summed E-state index contributed by atoms with van der Waals surface area (Å²) in [6, 6.07) is 3.67. The van der Waals surface area contributed by atoms with Gasteiger partial charge < -0.3 is 9.89 Å². The molecule has 0 bridgehead atoms. The first kappa shape index (κ1) is 9.90. The number of hydrogen-bond donors (Lipinski definition) is 0. The molecule has 0 atom stereocenters. The molecule has 0 saturated carbocycles. The summed E-state index contributed by atoms with van der Waals surface area (Å²) in [5.41, 5.74) is 0. The van der Waals surface area contributed by atoms with Crippen molar-refractivity contribution in [2.45, 2.75) is 0 Å². The van der Waals surface area contributed by atoms with Crippen molar-refractivity contribution < 1.29 is 27.0 Å². The van der Waals surface area contributed by atoms with Crippen molar-refractivity contribution in [3.05, 3.63) is 24.7 Å². The van der Waals surface area contributed by atoms with Crippen LogP contribution in [-0.2, 0) is 17.1 Å². The molecule has 7 heavy (non-hydrogen) atoms. The second kappa shape index (κ2) is 5.76. The Balaban J connectivity index is 0. The summed E-state index contributed by atoms with van der Waals surface area (Å²) in [6.07, 6.45) is 3.25. The van der Waals surface area contributed by atoms with Gasteiger partial charge in [-0.25, -0.2) is 0 Å². The van der Waals surface area contributed by atoms with E-state index in [4.69, 9.17) is 0 Å². The third-order valence-electron chi connectivity index (χ3n) is 0.425. The molecular weight excluding hydrogens is 136 g/mol. The van der Waals surface area contributed by atoms with Crippen molar-refractivity contribution in [1.82, 2.24) is 0 Å². The molecule has 0 aliphatic rings. The predicted molar refractivity (Wildman–Crippen MR) is 22.3 cm³/mol. The molecule has 0 fully saturated rings. The van der Waals surface area contributed by atoms with Gasteiger partial charge in [-0.15, -0.1) is 0 Å². The fraction of sp³-hybridized carbons (Fsp3) is 0. The van der Waals surface area contributed by atoms with E-state index in [1.165, 1.54) is 0 Å². The molecule has 0 unspecified atom stereocenters. The molecule has 0 radical (unpaired) electrons. The zero-order valence-electron chi connectivity index (χ0n) is 3.57. The molecule has 0 aromatic carbocycles. The van der Waals surface area contributed by atoms with Gasteiger partial charge in [-0.1, -0.05) is 0 Å². The van der Waals surface area contributed by atoms with E-state index in [0.29, 0.717) is 0 Å². The van der Waals surface area contributed by atoms with Crippen LogP contribution in [0.15, 0.2) is 29.1 Å². The zero-order chi connectivity index (χ0) is 3.54. The maximum absolute atomic E-state index is 4.58. The van der Waals surface area contributed by atoms with Gasteiger partial charge in [-0.2, -0.15) is 0 Å². The Morgan fingerprint density at radius 3 is 1.57 bits per heavy atom. The fourth-order valence-corrected chi connectivity index (χ4v) is 0.227. The summed E-state index contributed by atoms with van der Waals surface area (Å²) in [7, 11) is 0. The molecule has 0 spiro atoms. The third kappa shape index (κ3) is 3.59. The average molecular weight is 142 g/mol. The van der Waals surface area contributed by atoms with E-state index in [-0.39, 0.29) is 22.5 Å². The van der Waals surface area contributed by atoms with Gasteiger partial charge in [0.15, 0.2) is 0 Å². The number of rotatable bonds is 0. The molecule has 0 amide bonds. The van der Waals surface area contributed by atoms with E-state index >= 15 is 0 Å². The van der Waals surface area contributed by atoms with E-state index in [1.54, 1.807) is 12.5 Å². The van der Waals surface area contributed by atoms with Gasteiger partial charge in [0.2, 0.25) is 0 Å². The van der Waals surface area contributed by atoms with Crippen molar-refractivity contribution >= 4 is 0 Å². The number of hydrogen-bond acceptors (Lipinski definition) is 1. The summed E-state index contributed by atoms with van der Waals surface area (Å²) in [5, 5.41) is 0. The molecule has 3 heteroatoms. The fourth-order valence-electron chi connectivity index (χ4n) is 0.227. The molecular formula is C4H6FeO2. The second-order valence-corrected chi connectivity index (χ2v) is 0.793. The summed E-state index contributed by atoms with van der Waals surface area (Å²) < 4.78 is 4.58. The van der Waals surface area contributed by atoms with Crippen LogP contribution < -0.4 is 0 Å². The van der Waals surface area contributed by atoms with Gasteiger partial charge in [0.05, 0.1) is 12.5 Å². The van der Waals surface area contributed by atoms with Crippen molar-refractivity contribution in [3.8, 4) is 0 Å². The molecule has 42 valence electrons. The molecule has 0 aliphatic heterocycles. The Kier molecular flexibility index (Phi) is 8.14. The maximum atomic E-state index is 4.58. The van der Waals surface area contributed by atoms with Crippen LogP contribution in [0, 0.1) is 0 Å². The molecule has 0 aliphatic carbocycles. The van der Waals surface area contributed by atoms with Gasteiger partial charge in [-0.3, -0.25) is 0 Å². The molecule has 0 saturated heterocycles. The van der Waals surface area contributed by atoms with Gasteiger partial charge in [0, 0.05) is 17.1 Å². The first-order chi connectivity index (χ1) is 2.50. The SMILES string of the molecule is O.[Fe].c1ccoc1. The smallest absolute Gasteiger partial charge is 0.0902 e. The van der Waals surface area contributed by atoms with Crippen LogP contribution in [-0.4, -0.2) is 5.48 Å². The standard InChI is InChI=1S/C4H4O.Fe.H2O/c1-2-4-5-3-1;;/h1-4H;;1H2. The van der Waals surface area contributed by atoms with E-state index in [0.717, 1.165) is 0 Å². The monoisotopic (exact) mass is 142 g/mol. The molecule has 1 aromatic heterocycles. The minimum atomic E-state index is 0. The molecule has 1 heterocycles. The summed E-state index contributed by atoms with van der Waals surface area (Å²) >= 11 is 0. The van der Waals surface area contributed by atoms with Crippen LogP contribution in [0.1, 0.15) is 0 Å². The van der Waals surface area contributed by atoms with Crippen LogP contribution in [0.4, 0.5) is 0 Å². The van der Waals surface area contributed by atoms with Crippen molar-refractivity contribution in [1.29, 1.82) is 0 Å². The van der Waals surface area contributed by atoms with Gasteiger partial charge in [0.25, 0.3) is 0 Å². The van der Waals surface area contributed by atoms with Crippen molar-refractivity contribution in [3.63, 3.8) is 0 Å². The summed E-state index contributed by atoms with van der Waals surface area (Å²) in [6.45, 7) is 0. The summed E-state index contributed by atoms with van der Waals surface area (Å²) in [4.78, 5) is 0. The first-order valence-electron chi connectivity index (χ1n) is 1.47. The number of furan rings is 1. The van der Waals surface area contributed by atoms with E-state index in [1.807, 2.05) is 12.1 Å². The Labute approximate surface area is 52.3 Å².